The van der Waals surface area contributed by atoms with Gasteiger partial charge in [-0.15, -0.1) is 0 Å². The van der Waals surface area contributed by atoms with Crippen molar-refractivity contribution in [3.8, 4) is 0 Å². The largest absolute Gasteiger partial charge is 0.389 e. The van der Waals surface area contributed by atoms with E-state index in [1.165, 1.54) is 6.42 Å². The lowest BCUT2D eigenvalue weighted by Crippen LogP contribution is -2.41. The van der Waals surface area contributed by atoms with E-state index in [9.17, 15) is 5.11 Å². The summed E-state index contributed by atoms with van der Waals surface area (Å²) < 4.78 is 1.03. The van der Waals surface area contributed by atoms with Crippen LogP contribution in [0.4, 0.5) is 0 Å². The molecule has 0 amide bonds. The van der Waals surface area contributed by atoms with E-state index in [0.29, 0.717) is 13.1 Å². The molecule has 0 atom stereocenters. The Hall–Kier alpha value is -0.0900. The Morgan fingerprint density at radius 2 is 2.00 bits per heavy atom. The molecule has 18 heavy (non-hydrogen) atoms. The van der Waals surface area contributed by atoms with Crippen LogP contribution in [-0.4, -0.2) is 17.3 Å². The summed E-state index contributed by atoms with van der Waals surface area (Å²) in [5, 5.41) is 14.5. The minimum absolute atomic E-state index is 0.517. The second-order valence-electron chi connectivity index (χ2n) is 5.12. The predicted molar refractivity (Wildman–Crippen MR) is 78.9 cm³/mol. The zero-order valence-electron chi connectivity index (χ0n) is 10.4. The first kappa shape index (κ1) is 14.3. The molecule has 0 aliphatic heterocycles. The first-order valence-corrected chi connectivity index (χ1v) is 7.63. The maximum absolute atomic E-state index is 10.4. The molecule has 1 fully saturated rings. The standard InChI is InChI=1S/C14H19BrClNO/c15-12-4-5-13(16)11(8-12)9-17-10-14(18)6-2-1-3-7-14/h4-5,8,17-18H,1-3,6-7,9-10H2. The second kappa shape index (κ2) is 6.38. The van der Waals surface area contributed by atoms with Crippen molar-refractivity contribution in [1.29, 1.82) is 0 Å². The molecular weight excluding hydrogens is 314 g/mol. The van der Waals surface area contributed by atoms with Crippen molar-refractivity contribution in [2.24, 2.45) is 0 Å². The quantitative estimate of drug-likeness (QED) is 0.877. The van der Waals surface area contributed by atoms with E-state index in [1.54, 1.807) is 0 Å². The smallest absolute Gasteiger partial charge is 0.0771 e. The van der Waals surface area contributed by atoms with Gasteiger partial charge in [-0.05, 0) is 36.6 Å². The number of aliphatic hydroxyl groups is 1. The van der Waals surface area contributed by atoms with E-state index in [0.717, 1.165) is 40.7 Å². The predicted octanol–water partition coefficient (Wildman–Crippen LogP) is 3.89. The summed E-state index contributed by atoms with van der Waals surface area (Å²) in [5.41, 5.74) is 0.543. The minimum Gasteiger partial charge on any atom is -0.389 e. The zero-order valence-corrected chi connectivity index (χ0v) is 12.7. The van der Waals surface area contributed by atoms with E-state index in [-0.39, 0.29) is 0 Å². The normalized spacial score (nSPS) is 18.8. The highest BCUT2D eigenvalue weighted by Crippen LogP contribution is 2.27. The van der Waals surface area contributed by atoms with Crippen molar-refractivity contribution in [1.82, 2.24) is 5.32 Å². The van der Waals surface area contributed by atoms with Crippen LogP contribution < -0.4 is 5.32 Å². The third-order valence-electron chi connectivity index (χ3n) is 3.56. The molecule has 2 rings (SSSR count). The maximum Gasteiger partial charge on any atom is 0.0771 e. The van der Waals surface area contributed by atoms with Gasteiger partial charge >= 0.3 is 0 Å². The number of nitrogens with one attached hydrogen (secondary N) is 1. The highest BCUT2D eigenvalue weighted by Gasteiger charge is 2.28. The van der Waals surface area contributed by atoms with E-state index < -0.39 is 5.60 Å². The first-order chi connectivity index (χ1) is 8.59. The molecule has 0 spiro atoms. The molecule has 0 bridgehead atoms. The van der Waals surface area contributed by atoms with E-state index in [1.807, 2.05) is 18.2 Å². The molecular formula is C14H19BrClNO. The minimum atomic E-state index is -0.517. The fourth-order valence-electron chi connectivity index (χ4n) is 2.50. The molecule has 2 nitrogen and oxygen atoms in total. The van der Waals surface area contributed by atoms with Crippen molar-refractivity contribution in [3.63, 3.8) is 0 Å². The van der Waals surface area contributed by atoms with Crippen molar-refractivity contribution < 1.29 is 5.11 Å². The Morgan fingerprint density at radius 1 is 1.28 bits per heavy atom. The highest BCUT2D eigenvalue weighted by atomic mass is 79.9. The number of hydrogen-bond acceptors (Lipinski definition) is 2. The number of halogens is 2. The van der Waals surface area contributed by atoms with Crippen LogP contribution in [0.15, 0.2) is 22.7 Å². The Balaban J connectivity index is 1.86. The molecule has 4 heteroatoms. The average Bonchev–Trinajstić information content (AvgIpc) is 2.34. The van der Waals surface area contributed by atoms with Crippen molar-refractivity contribution in [2.45, 2.75) is 44.2 Å². The lowest BCUT2D eigenvalue weighted by atomic mass is 9.85. The zero-order chi connectivity index (χ0) is 13.0. The van der Waals surface area contributed by atoms with Gasteiger partial charge in [0.05, 0.1) is 5.60 Å². The lowest BCUT2D eigenvalue weighted by Gasteiger charge is -2.32. The summed E-state index contributed by atoms with van der Waals surface area (Å²) in [6.45, 7) is 1.34. The molecule has 2 N–H and O–H groups in total. The summed E-state index contributed by atoms with van der Waals surface area (Å²) in [4.78, 5) is 0. The van der Waals surface area contributed by atoms with Gasteiger partial charge in [-0.1, -0.05) is 46.8 Å². The van der Waals surface area contributed by atoms with E-state index >= 15 is 0 Å². The fourth-order valence-corrected chi connectivity index (χ4v) is 3.09. The Bertz CT molecular complexity index is 405. The maximum atomic E-state index is 10.4. The number of rotatable bonds is 4. The summed E-state index contributed by atoms with van der Waals surface area (Å²) in [5.74, 6) is 0. The topological polar surface area (TPSA) is 32.3 Å². The third-order valence-corrected chi connectivity index (χ3v) is 4.42. The monoisotopic (exact) mass is 331 g/mol. The van der Waals surface area contributed by atoms with Gasteiger partial charge < -0.3 is 10.4 Å². The van der Waals surface area contributed by atoms with Crippen molar-refractivity contribution in [2.75, 3.05) is 6.54 Å². The Morgan fingerprint density at radius 3 is 2.72 bits per heavy atom. The molecule has 100 valence electrons. The molecule has 0 unspecified atom stereocenters. The van der Waals surface area contributed by atoms with Crippen LogP contribution in [0.5, 0.6) is 0 Å². The van der Waals surface area contributed by atoms with E-state index in [2.05, 4.69) is 21.2 Å². The Kier molecular flexibility index (Phi) is 5.07. The van der Waals surface area contributed by atoms with Crippen LogP contribution in [0.2, 0.25) is 5.02 Å². The molecule has 1 saturated carbocycles. The van der Waals surface area contributed by atoms with Gasteiger partial charge in [-0.3, -0.25) is 0 Å². The van der Waals surface area contributed by atoms with Crippen LogP contribution in [0, 0.1) is 0 Å². The highest BCUT2D eigenvalue weighted by molar-refractivity contribution is 9.10. The lowest BCUT2D eigenvalue weighted by molar-refractivity contribution is 0.00468. The third kappa shape index (κ3) is 3.95. The van der Waals surface area contributed by atoms with Crippen LogP contribution in [0.25, 0.3) is 0 Å². The van der Waals surface area contributed by atoms with Gasteiger partial charge in [0.2, 0.25) is 0 Å². The van der Waals surface area contributed by atoms with E-state index in [4.69, 9.17) is 11.6 Å². The molecule has 0 aromatic heterocycles. The summed E-state index contributed by atoms with van der Waals surface area (Å²) in [6, 6.07) is 5.83. The van der Waals surface area contributed by atoms with Gasteiger partial charge in [0.15, 0.2) is 0 Å². The molecule has 0 saturated heterocycles. The van der Waals surface area contributed by atoms with Crippen LogP contribution >= 0.6 is 27.5 Å². The van der Waals surface area contributed by atoms with Crippen LogP contribution in [0.1, 0.15) is 37.7 Å². The summed E-state index contributed by atoms with van der Waals surface area (Å²) in [7, 11) is 0. The van der Waals surface area contributed by atoms with Gasteiger partial charge in [0.25, 0.3) is 0 Å². The molecule has 0 radical (unpaired) electrons. The van der Waals surface area contributed by atoms with Gasteiger partial charge in [-0.25, -0.2) is 0 Å². The number of hydrogen-bond donors (Lipinski definition) is 2. The summed E-state index contributed by atoms with van der Waals surface area (Å²) >= 11 is 9.57. The summed E-state index contributed by atoms with van der Waals surface area (Å²) in [6.07, 6.45) is 5.34. The fraction of sp³-hybridized carbons (Fsp3) is 0.571. The molecule has 1 aromatic rings. The average molecular weight is 333 g/mol. The van der Waals surface area contributed by atoms with Crippen molar-refractivity contribution in [3.05, 3.63) is 33.3 Å². The molecule has 1 aromatic carbocycles. The number of benzene rings is 1. The van der Waals surface area contributed by atoms with Crippen LogP contribution in [-0.2, 0) is 6.54 Å². The molecule has 1 aliphatic carbocycles. The van der Waals surface area contributed by atoms with Crippen LogP contribution in [0.3, 0.4) is 0 Å². The second-order valence-corrected chi connectivity index (χ2v) is 6.45. The first-order valence-electron chi connectivity index (χ1n) is 6.46. The van der Waals surface area contributed by atoms with Crippen molar-refractivity contribution >= 4 is 27.5 Å². The van der Waals surface area contributed by atoms with Gasteiger partial charge in [0.1, 0.15) is 0 Å². The Labute approximate surface area is 122 Å². The van der Waals surface area contributed by atoms with Gasteiger partial charge in [-0.2, -0.15) is 0 Å². The molecule has 1 aliphatic rings. The SMILES string of the molecule is OC1(CNCc2cc(Br)ccc2Cl)CCCCC1. The molecule has 0 heterocycles. The van der Waals surface area contributed by atoms with Gasteiger partial charge in [0, 0.05) is 22.6 Å².